The van der Waals surface area contributed by atoms with Gasteiger partial charge in [-0.3, -0.25) is 9.79 Å². The summed E-state index contributed by atoms with van der Waals surface area (Å²) in [6.45, 7) is 8.85. The van der Waals surface area contributed by atoms with E-state index in [1.54, 1.807) is 6.08 Å². The molecule has 19 heavy (non-hydrogen) atoms. The van der Waals surface area contributed by atoms with E-state index in [0.717, 1.165) is 11.3 Å². The molecule has 0 aromatic heterocycles. The number of carboxylic acids is 1. The van der Waals surface area contributed by atoms with Gasteiger partial charge in [-0.2, -0.15) is 6.41 Å². The van der Waals surface area contributed by atoms with Crippen LogP contribution in [-0.2, 0) is 9.59 Å². The molecule has 1 rings (SSSR count). The third kappa shape index (κ3) is 7.46. The predicted octanol–water partition coefficient (Wildman–Crippen LogP) is 1.70. The Bertz CT molecular complexity index is 448. The van der Waals surface area contributed by atoms with E-state index in [9.17, 15) is 9.59 Å². The monoisotopic (exact) mass is 504 g/mol. The fourth-order valence-electron chi connectivity index (χ4n) is 1.09. The van der Waals surface area contributed by atoms with Crippen LogP contribution in [0.15, 0.2) is 29.8 Å². The summed E-state index contributed by atoms with van der Waals surface area (Å²) in [5.41, 5.74) is 3.15. The molecule has 0 saturated heterocycles. The maximum atomic E-state index is 9.52. The summed E-state index contributed by atoms with van der Waals surface area (Å²) < 4.78 is 0. The van der Waals surface area contributed by atoms with Crippen molar-refractivity contribution in [2.45, 2.75) is 6.92 Å². The smallest absolute Gasteiger partial charge is 0.320 e. The summed E-state index contributed by atoms with van der Waals surface area (Å²) in [5, 5.41) is 9.65. The van der Waals surface area contributed by atoms with Gasteiger partial charge in [0.15, 0.2) is 0 Å². The van der Waals surface area contributed by atoms with E-state index in [0.29, 0.717) is 0 Å². The number of rotatable bonds is 5. The molecule has 0 heterocycles. The summed E-state index contributed by atoms with van der Waals surface area (Å²) in [6.07, 6.45) is 3.01. The van der Waals surface area contributed by atoms with Crippen LogP contribution in [0.2, 0.25) is 0 Å². The molecule has 1 aromatic carbocycles. The van der Waals surface area contributed by atoms with Gasteiger partial charge in [0.2, 0.25) is 0 Å². The zero-order valence-electron chi connectivity index (χ0n) is 10.4. The van der Waals surface area contributed by atoms with E-state index >= 15 is 0 Å². The van der Waals surface area contributed by atoms with Crippen molar-refractivity contribution in [1.29, 1.82) is 0 Å². The molecule has 1 aromatic rings. The molecule has 1 amide bonds. The Balaban J connectivity index is 0. The second kappa shape index (κ2) is 9.77. The molecule has 0 aliphatic rings. The Morgan fingerprint density at radius 2 is 2.21 bits per heavy atom. The van der Waals surface area contributed by atoms with E-state index in [-0.39, 0.29) is 6.54 Å². The topological polar surface area (TPSA) is 78.8 Å². The number of aliphatic imine (C=N–C) groups is 1. The summed E-state index contributed by atoms with van der Waals surface area (Å²) in [5.74, 6) is -1.07. The SMILES string of the molecule is C=Cc1cc(C)ccc1N=C.O=[C-]NCC(=O)O.[Fm]. The molecule has 0 radical (unpaired) electrons. The van der Waals surface area contributed by atoms with Gasteiger partial charge in [-0.15, -0.1) is 0 Å². The summed E-state index contributed by atoms with van der Waals surface area (Å²) in [4.78, 5) is 22.6. The molecule has 0 atom stereocenters. The minimum absolute atomic E-state index is 0. The molecule has 2 N–H and O–H groups in total. The minimum atomic E-state index is -1.07. The van der Waals surface area contributed by atoms with E-state index in [4.69, 9.17) is 5.11 Å². The third-order valence-electron chi connectivity index (χ3n) is 1.89. The first-order valence-electron chi connectivity index (χ1n) is 5.06. The van der Waals surface area contributed by atoms with Crippen molar-refractivity contribution < 1.29 is 14.7 Å². The Hall–Kier alpha value is -3.43. The Labute approximate surface area is 106 Å². The number of aryl methyl sites for hydroxylation is 1. The fourth-order valence-corrected chi connectivity index (χ4v) is 1.09. The first-order chi connectivity index (χ1) is 8.54. The minimum Gasteiger partial charge on any atom is -0.521 e. The average molecular weight is 504 g/mol. The number of hydrogen-bond donors (Lipinski definition) is 2. The zero-order chi connectivity index (χ0) is 14.0. The molecule has 0 bridgehead atoms. The molecule has 0 spiro atoms. The molecule has 0 aliphatic carbocycles. The number of carbonyl (C=O) groups excluding carboxylic acids is 1. The molecule has 5 nitrogen and oxygen atoms in total. The van der Waals surface area contributed by atoms with E-state index in [1.807, 2.05) is 30.4 Å². The van der Waals surface area contributed by atoms with E-state index < -0.39 is 5.97 Å². The van der Waals surface area contributed by atoms with Crippen molar-refractivity contribution in [1.82, 2.24) is 5.32 Å². The number of aliphatic carboxylic acids is 1. The molecular weight excluding hydrogens is 489 g/mol. The van der Waals surface area contributed by atoms with Crippen molar-refractivity contribution >= 4 is 30.9 Å². The van der Waals surface area contributed by atoms with Gasteiger partial charge in [-0.1, -0.05) is 24.3 Å². The average Bonchev–Trinajstić information content (AvgIpc) is 2.36. The van der Waals surface area contributed by atoms with Crippen LogP contribution in [0.5, 0.6) is 0 Å². The third-order valence-corrected chi connectivity index (χ3v) is 1.89. The van der Waals surface area contributed by atoms with E-state index in [1.165, 1.54) is 12.0 Å². The van der Waals surface area contributed by atoms with Crippen molar-refractivity contribution in [2.24, 2.45) is 4.99 Å². The number of carbonyl (C=O) groups is 1. The normalized spacial score (nSPS) is 8.05. The number of nitrogens with zero attached hydrogens (tertiary/aromatic N) is 1. The molecular formula is C13H15FmN2O3-. The van der Waals surface area contributed by atoms with E-state index in [2.05, 4.69) is 18.3 Å². The van der Waals surface area contributed by atoms with Gasteiger partial charge in [-0.05, 0) is 31.3 Å². The van der Waals surface area contributed by atoms with Crippen molar-refractivity contribution in [2.75, 3.05) is 6.54 Å². The van der Waals surface area contributed by atoms with Crippen molar-refractivity contribution in [3.8, 4) is 0 Å². The second-order valence-electron chi connectivity index (χ2n) is 3.27. The maximum absolute atomic E-state index is 9.52. The van der Waals surface area contributed by atoms with Crippen LogP contribution in [0.4, 0.5) is 5.69 Å². The van der Waals surface area contributed by atoms with Gasteiger partial charge in [0.05, 0.1) is 12.2 Å². The molecule has 108 valence electrons. The quantitative estimate of drug-likeness (QED) is 0.364. The summed E-state index contributed by atoms with van der Waals surface area (Å²) >= 11 is 0. The molecule has 0 unspecified atom stereocenters. The first-order valence-corrected chi connectivity index (χ1v) is 5.06. The molecule has 0 saturated carbocycles. The van der Waals surface area contributed by atoms with Gasteiger partial charge in [0.1, 0.15) is 0 Å². The van der Waals surface area contributed by atoms with Gasteiger partial charge in [0, 0.05) is 0 Å². The fraction of sp³-hybridized carbons (Fsp3) is 0.154. The van der Waals surface area contributed by atoms with Gasteiger partial charge < -0.3 is 15.2 Å². The first kappa shape index (κ1) is 17.9. The zero-order valence-corrected chi connectivity index (χ0v) is 12.8. The molecule has 0 aliphatic heterocycles. The Morgan fingerprint density at radius 1 is 1.58 bits per heavy atom. The number of amides is 1. The van der Waals surface area contributed by atoms with Gasteiger partial charge in [0.25, 0.3) is 0 Å². The maximum Gasteiger partial charge on any atom is 0.320 e. The largest absolute Gasteiger partial charge is 0.521 e. The number of carboxylic acid groups (broad SMARTS) is 1. The standard InChI is InChI=1S/C10H11N.C3H4NO3.Fm/c1-4-9-7-8(2)5-6-10(9)11-3;5-2-4-1-3(6)7;/h4-7H,1,3H2,2H3;1H2,(H,4,5)(H,6,7);/q;-1;. The van der Waals surface area contributed by atoms with Crippen LogP contribution in [-0.4, -0.2) is 30.7 Å². The van der Waals surface area contributed by atoms with Crippen molar-refractivity contribution in [3.63, 3.8) is 0 Å². The van der Waals surface area contributed by atoms with Crippen LogP contribution in [0.3, 0.4) is 0 Å². The van der Waals surface area contributed by atoms with Crippen LogP contribution in [0.1, 0.15) is 11.1 Å². The number of benzene rings is 1. The van der Waals surface area contributed by atoms with Gasteiger partial charge in [-0.25, -0.2) is 0 Å². The van der Waals surface area contributed by atoms with Crippen molar-refractivity contribution in [3.05, 3.63) is 35.9 Å². The second-order valence-corrected chi connectivity index (χ2v) is 3.27. The number of nitrogens with one attached hydrogen (secondary N) is 1. The molecule has 0 fully saturated rings. The Morgan fingerprint density at radius 3 is 2.58 bits per heavy atom. The molecule has 6 heteroatoms. The van der Waals surface area contributed by atoms with Crippen LogP contribution in [0.25, 0.3) is 6.08 Å². The summed E-state index contributed by atoms with van der Waals surface area (Å²) in [7, 11) is 0. The van der Waals surface area contributed by atoms with Crippen LogP contribution >= 0.6 is 0 Å². The number of hydrogen-bond acceptors (Lipinski definition) is 3. The summed E-state index contributed by atoms with van der Waals surface area (Å²) in [6, 6.07) is 5.99. The van der Waals surface area contributed by atoms with Gasteiger partial charge >= 0.3 is 5.97 Å². The predicted molar refractivity (Wildman–Crippen MR) is 71.8 cm³/mol. The Kier molecular flexibility index (Phi) is 9.23. The van der Waals surface area contributed by atoms with Crippen LogP contribution in [0, 0.1) is 6.92 Å². The van der Waals surface area contributed by atoms with Crippen LogP contribution < -0.4 is 5.32 Å².